The molecule has 0 aliphatic heterocycles. The van der Waals surface area contributed by atoms with Crippen LogP contribution in [0.3, 0.4) is 0 Å². The third-order valence-corrected chi connectivity index (χ3v) is 3.64. The first-order chi connectivity index (χ1) is 7.31. The molecular weight excluding hydrogens is 188 g/mol. The van der Waals surface area contributed by atoms with Crippen molar-refractivity contribution in [2.45, 2.75) is 39.2 Å². The Kier molecular flexibility index (Phi) is 6.22. The molecule has 0 aromatic heterocycles. The van der Waals surface area contributed by atoms with Gasteiger partial charge in [0.25, 0.3) is 0 Å². The molecule has 0 aromatic rings. The molecule has 0 saturated heterocycles. The molecule has 1 aliphatic rings. The smallest absolute Gasteiger partial charge is 0.0587 e. The molecule has 0 amide bonds. The maximum absolute atomic E-state index is 9.26. The molecule has 0 aromatic carbocycles. The van der Waals surface area contributed by atoms with Crippen LogP contribution < -0.4 is 5.32 Å². The van der Waals surface area contributed by atoms with Crippen molar-refractivity contribution in [2.75, 3.05) is 32.8 Å². The summed E-state index contributed by atoms with van der Waals surface area (Å²) in [5, 5.41) is 12.7. The quantitative estimate of drug-likeness (QED) is 0.634. The van der Waals surface area contributed by atoms with E-state index in [0.717, 1.165) is 32.1 Å². The number of aliphatic hydroxyl groups is 1. The lowest BCUT2D eigenvalue weighted by Gasteiger charge is -2.33. The summed E-state index contributed by atoms with van der Waals surface area (Å²) in [5.41, 5.74) is 0. The molecule has 0 spiro atoms. The molecule has 1 unspecified atom stereocenters. The summed E-state index contributed by atoms with van der Waals surface area (Å²) in [6.07, 6.45) is 3.94. The van der Waals surface area contributed by atoms with E-state index in [1.807, 2.05) is 0 Å². The molecule has 1 fully saturated rings. The number of hydrogen-bond acceptors (Lipinski definition) is 3. The molecule has 1 rings (SSSR count). The number of nitrogens with one attached hydrogen (secondary N) is 1. The Morgan fingerprint density at radius 2 is 2.00 bits per heavy atom. The minimum absolute atomic E-state index is 0.295. The fourth-order valence-corrected chi connectivity index (χ4v) is 2.17. The molecule has 90 valence electrons. The zero-order valence-corrected chi connectivity index (χ0v) is 10.2. The topological polar surface area (TPSA) is 35.5 Å². The van der Waals surface area contributed by atoms with Gasteiger partial charge in [-0.2, -0.15) is 0 Å². The molecule has 1 aliphatic carbocycles. The van der Waals surface area contributed by atoms with Gasteiger partial charge >= 0.3 is 0 Å². The van der Waals surface area contributed by atoms with Gasteiger partial charge in [-0.3, -0.25) is 0 Å². The van der Waals surface area contributed by atoms with Crippen LogP contribution in [0.4, 0.5) is 0 Å². The van der Waals surface area contributed by atoms with Gasteiger partial charge in [0.2, 0.25) is 0 Å². The fraction of sp³-hybridized carbons (Fsp3) is 1.00. The first kappa shape index (κ1) is 12.9. The molecule has 3 heteroatoms. The van der Waals surface area contributed by atoms with Crippen LogP contribution in [0.1, 0.15) is 33.1 Å². The van der Waals surface area contributed by atoms with E-state index in [1.165, 1.54) is 19.3 Å². The number of rotatable bonds is 8. The Morgan fingerprint density at radius 1 is 1.33 bits per heavy atom. The molecule has 1 saturated carbocycles. The third kappa shape index (κ3) is 4.09. The van der Waals surface area contributed by atoms with Gasteiger partial charge in [-0.1, -0.05) is 20.3 Å². The van der Waals surface area contributed by atoms with Gasteiger partial charge in [0.15, 0.2) is 0 Å². The SMILES string of the molecule is CCN(CC)CCNC(CO)C1CCC1. The van der Waals surface area contributed by atoms with Crippen molar-refractivity contribution in [3.63, 3.8) is 0 Å². The lowest BCUT2D eigenvalue weighted by atomic mass is 9.80. The van der Waals surface area contributed by atoms with E-state index in [-0.39, 0.29) is 0 Å². The molecule has 0 heterocycles. The summed E-state index contributed by atoms with van der Waals surface area (Å²) in [7, 11) is 0. The van der Waals surface area contributed by atoms with Gasteiger partial charge in [0.1, 0.15) is 0 Å². The molecular formula is C12H26N2O. The van der Waals surface area contributed by atoms with E-state index < -0.39 is 0 Å². The molecule has 15 heavy (non-hydrogen) atoms. The van der Waals surface area contributed by atoms with E-state index in [1.54, 1.807) is 0 Å². The molecule has 1 atom stereocenters. The molecule has 0 bridgehead atoms. The Labute approximate surface area is 93.9 Å². The van der Waals surface area contributed by atoms with Crippen molar-refractivity contribution in [2.24, 2.45) is 5.92 Å². The van der Waals surface area contributed by atoms with Crippen LogP contribution in [0.25, 0.3) is 0 Å². The highest BCUT2D eigenvalue weighted by molar-refractivity contribution is 4.82. The second kappa shape index (κ2) is 7.20. The number of aliphatic hydroxyl groups excluding tert-OH is 1. The van der Waals surface area contributed by atoms with Gasteiger partial charge in [-0.05, 0) is 31.8 Å². The highest BCUT2D eigenvalue weighted by Gasteiger charge is 2.25. The average molecular weight is 214 g/mol. The van der Waals surface area contributed by atoms with Crippen LogP contribution in [-0.4, -0.2) is 48.8 Å². The monoisotopic (exact) mass is 214 g/mol. The Balaban J connectivity index is 2.10. The molecule has 3 nitrogen and oxygen atoms in total. The Bertz CT molecular complexity index is 156. The van der Waals surface area contributed by atoms with Crippen LogP contribution >= 0.6 is 0 Å². The second-order valence-electron chi connectivity index (χ2n) is 4.46. The zero-order valence-electron chi connectivity index (χ0n) is 10.2. The van der Waals surface area contributed by atoms with Crippen LogP contribution in [0.2, 0.25) is 0 Å². The Morgan fingerprint density at radius 3 is 2.40 bits per heavy atom. The lowest BCUT2D eigenvalue weighted by molar-refractivity contribution is 0.145. The predicted octanol–water partition coefficient (Wildman–Crippen LogP) is 1.08. The maximum atomic E-state index is 9.26. The molecule has 2 N–H and O–H groups in total. The maximum Gasteiger partial charge on any atom is 0.0587 e. The summed E-state index contributed by atoms with van der Waals surface area (Å²) < 4.78 is 0. The first-order valence-electron chi connectivity index (χ1n) is 6.38. The van der Waals surface area contributed by atoms with Crippen LogP contribution in [0.15, 0.2) is 0 Å². The summed E-state index contributed by atoms with van der Waals surface area (Å²) in [6, 6.07) is 0.342. The zero-order chi connectivity index (χ0) is 11.1. The van der Waals surface area contributed by atoms with Crippen LogP contribution in [0.5, 0.6) is 0 Å². The van der Waals surface area contributed by atoms with E-state index >= 15 is 0 Å². The van der Waals surface area contributed by atoms with E-state index in [0.29, 0.717) is 12.6 Å². The van der Waals surface area contributed by atoms with Crippen molar-refractivity contribution in [3.05, 3.63) is 0 Å². The largest absolute Gasteiger partial charge is 0.395 e. The fourth-order valence-electron chi connectivity index (χ4n) is 2.17. The average Bonchev–Trinajstić information content (AvgIpc) is 2.20. The molecule has 0 radical (unpaired) electrons. The predicted molar refractivity (Wildman–Crippen MR) is 64.0 cm³/mol. The normalized spacial score (nSPS) is 19.2. The van der Waals surface area contributed by atoms with Gasteiger partial charge in [0.05, 0.1) is 6.61 Å². The van der Waals surface area contributed by atoms with Gasteiger partial charge < -0.3 is 15.3 Å². The van der Waals surface area contributed by atoms with Gasteiger partial charge in [-0.15, -0.1) is 0 Å². The number of nitrogens with zero attached hydrogens (tertiary/aromatic N) is 1. The highest BCUT2D eigenvalue weighted by Crippen LogP contribution is 2.29. The van der Waals surface area contributed by atoms with E-state index in [4.69, 9.17) is 0 Å². The highest BCUT2D eigenvalue weighted by atomic mass is 16.3. The van der Waals surface area contributed by atoms with Gasteiger partial charge in [-0.25, -0.2) is 0 Å². The van der Waals surface area contributed by atoms with Crippen molar-refractivity contribution in [1.82, 2.24) is 10.2 Å². The van der Waals surface area contributed by atoms with E-state index in [2.05, 4.69) is 24.1 Å². The van der Waals surface area contributed by atoms with Crippen LogP contribution in [-0.2, 0) is 0 Å². The van der Waals surface area contributed by atoms with Crippen molar-refractivity contribution in [1.29, 1.82) is 0 Å². The number of likely N-dealkylation sites (N-methyl/N-ethyl adjacent to an activating group) is 1. The summed E-state index contributed by atoms with van der Waals surface area (Å²) >= 11 is 0. The summed E-state index contributed by atoms with van der Waals surface area (Å²) in [4.78, 5) is 2.40. The number of hydrogen-bond donors (Lipinski definition) is 2. The van der Waals surface area contributed by atoms with Crippen molar-refractivity contribution >= 4 is 0 Å². The Hall–Kier alpha value is -0.120. The van der Waals surface area contributed by atoms with Gasteiger partial charge in [0, 0.05) is 19.1 Å². The van der Waals surface area contributed by atoms with Crippen molar-refractivity contribution < 1.29 is 5.11 Å². The summed E-state index contributed by atoms with van der Waals surface area (Å²) in [5.74, 6) is 0.728. The minimum atomic E-state index is 0.295. The lowest BCUT2D eigenvalue weighted by Crippen LogP contribution is -2.45. The van der Waals surface area contributed by atoms with Crippen LogP contribution in [0, 0.1) is 5.92 Å². The first-order valence-corrected chi connectivity index (χ1v) is 6.38. The summed E-state index contributed by atoms with van der Waals surface area (Å²) in [6.45, 7) is 9.01. The second-order valence-corrected chi connectivity index (χ2v) is 4.46. The third-order valence-electron chi connectivity index (χ3n) is 3.64. The standard InChI is InChI=1S/C12H26N2O/c1-3-14(4-2)9-8-13-12(10-15)11-6-5-7-11/h11-13,15H,3-10H2,1-2H3. The van der Waals surface area contributed by atoms with E-state index in [9.17, 15) is 5.11 Å². The minimum Gasteiger partial charge on any atom is -0.395 e. The van der Waals surface area contributed by atoms with Crippen molar-refractivity contribution in [3.8, 4) is 0 Å².